The third kappa shape index (κ3) is 4.03. The molecule has 0 atom stereocenters. The van der Waals surface area contributed by atoms with E-state index in [1.807, 2.05) is 6.92 Å². The van der Waals surface area contributed by atoms with Gasteiger partial charge in [0, 0.05) is 6.61 Å². The molecule has 0 fully saturated rings. The number of carbonyl (C=O) groups excluding carboxylic acids is 1. The predicted molar refractivity (Wildman–Crippen MR) is 57.7 cm³/mol. The summed E-state index contributed by atoms with van der Waals surface area (Å²) in [6.07, 6.45) is 0.836. The van der Waals surface area contributed by atoms with Gasteiger partial charge in [-0.2, -0.15) is 0 Å². The SMILES string of the molecule is CCCOCCOC(=O)c1cc(F)c(F)c(F)c1. The Morgan fingerprint density at radius 1 is 1.11 bits per heavy atom. The van der Waals surface area contributed by atoms with Gasteiger partial charge in [-0.3, -0.25) is 0 Å². The van der Waals surface area contributed by atoms with E-state index in [0.29, 0.717) is 18.7 Å². The van der Waals surface area contributed by atoms with E-state index in [2.05, 4.69) is 0 Å². The highest BCUT2D eigenvalue weighted by Crippen LogP contribution is 2.14. The summed E-state index contributed by atoms with van der Waals surface area (Å²) in [5.41, 5.74) is -0.373. The van der Waals surface area contributed by atoms with Crippen molar-refractivity contribution in [2.24, 2.45) is 0 Å². The van der Waals surface area contributed by atoms with Crippen molar-refractivity contribution in [1.82, 2.24) is 0 Å². The molecule has 0 unspecified atom stereocenters. The number of halogens is 3. The molecule has 0 aliphatic carbocycles. The van der Waals surface area contributed by atoms with Gasteiger partial charge in [0.15, 0.2) is 17.5 Å². The van der Waals surface area contributed by atoms with Crippen LogP contribution in [0.5, 0.6) is 0 Å². The van der Waals surface area contributed by atoms with Crippen LogP contribution in [-0.4, -0.2) is 25.8 Å². The fourth-order valence-corrected chi connectivity index (χ4v) is 1.20. The highest BCUT2D eigenvalue weighted by Gasteiger charge is 2.15. The van der Waals surface area contributed by atoms with E-state index in [1.54, 1.807) is 0 Å². The molecule has 0 heterocycles. The van der Waals surface area contributed by atoms with Crippen LogP contribution >= 0.6 is 0 Å². The molecule has 1 aromatic carbocycles. The van der Waals surface area contributed by atoms with Crippen molar-refractivity contribution in [3.05, 3.63) is 35.1 Å². The Kier molecular flexibility index (Phi) is 5.64. The second kappa shape index (κ2) is 7.00. The summed E-state index contributed by atoms with van der Waals surface area (Å²) in [5.74, 6) is -5.39. The van der Waals surface area contributed by atoms with Gasteiger partial charge in [0.25, 0.3) is 0 Å². The number of hydrogen-bond acceptors (Lipinski definition) is 3. The summed E-state index contributed by atoms with van der Waals surface area (Å²) < 4.78 is 48.1. The van der Waals surface area contributed by atoms with Crippen LogP contribution in [0, 0.1) is 17.5 Å². The van der Waals surface area contributed by atoms with E-state index < -0.39 is 23.4 Å². The van der Waals surface area contributed by atoms with Crippen LogP contribution in [0.2, 0.25) is 0 Å². The van der Waals surface area contributed by atoms with Gasteiger partial charge in [0.1, 0.15) is 6.61 Å². The number of rotatable bonds is 6. The lowest BCUT2D eigenvalue weighted by Crippen LogP contribution is -2.12. The quantitative estimate of drug-likeness (QED) is 0.449. The lowest BCUT2D eigenvalue weighted by atomic mass is 10.2. The summed E-state index contributed by atoms with van der Waals surface area (Å²) in [6.45, 7) is 2.64. The van der Waals surface area contributed by atoms with Gasteiger partial charge in [-0.25, -0.2) is 18.0 Å². The standard InChI is InChI=1S/C12H13F3O3/c1-2-3-17-4-5-18-12(16)8-6-9(13)11(15)10(14)7-8/h6-7H,2-5H2,1H3. The average molecular weight is 262 g/mol. The first kappa shape index (κ1) is 14.5. The summed E-state index contributed by atoms with van der Waals surface area (Å²) in [5, 5.41) is 0. The molecule has 0 amide bonds. The van der Waals surface area contributed by atoms with Crippen molar-refractivity contribution in [1.29, 1.82) is 0 Å². The lowest BCUT2D eigenvalue weighted by Gasteiger charge is -2.06. The molecule has 0 aliphatic rings. The minimum Gasteiger partial charge on any atom is -0.460 e. The zero-order valence-corrected chi connectivity index (χ0v) is 9.84. The van der Waals surface area contributed by atoms with Gasteiger partial charge in [-0.1, -0.05) is 6.92 Å². The predicted octanol–water partition coefficient (Wildman–Crippen LogP) is 2.69. The van der Waals surface area contributed by atoms with Crippen molar-refractivity contribution in [3.63, 3.8) is 0 Å². The molecular formula is C12H13F3O3. The maximum absolute atomic E-state index is 12.8. The first-order valence-electron chi connectivity index (χ1n) is 5.45. The van der Waals surface area contributed by atoms with E-state index >= 15 is 0 Å². The van der Waals surface area contributed by atoms with Crippen LogP contribution in [0.1, 0.15) is 23.7 Å². The van der Waals surface area contributed by atoms with Crippen LogP contribution in [0.15, 0.2) is 12.1 Å². The van der Waals surface area contributed by atoms with Gasteiger partial charge in [-0.15, -0.1) is 0 Å². The van der Waals surface area contributed by atoms with Gasteiger partial charge >= 0.3 is 5.97 Å². The van der Waals surface area contributed by atoms with Crippen LogP contribution < -0.4 is 0 Å². The molecule has 0 saturated carbocycles. The van der Waals surface area contributed by atoms with Crippen molar-refractivity contribution in [2.45, 2.75) is 13.3 Å². The van der Waals surface area contributed by atoms with E-state index in [1.165, 1.54) is 0 Å². The zero-order chi connectivity index (χ0) is 13.5. The smallest absolute Gasteiger partial charge is 0.338 e. The molecule has 1 aromatic rings. The number of benzene rings is 1. The van der Waals surface area contributed by atoms with E-state index in [9.17, 15) is 18.0 Å². The van der Waals surface area contributed by atoms with E-state index in [4.69, 9.17) is 9.47 Å². The molecule has 3 nitrogen and oxygen atoms in total. The van der Waals surface area contributed by atoms with Crippen molar-refractivity contribution in [2.75, 3.05) is 19.8 Å². The van der Waals surface area contributed by atoms with Crippen molar-refractivity contribution >= 4 is 5.97 Å². The Morgan fingerprint density at radius 3 is 2.28 bits per heavy atom. The third-order valence-corrected chi connectivity index (χ3v) is 2.03. The maximum Gasteiger partial charge on any atom is 0.338 e. The largest absolute Gasteiger partial charge is 0.460 e. The molecule has 0 spiro atoms. The second-order valence-corrected chi connectivity index (χ2v) is 3.50. The fraction of sp³-hybridized carbons (Fsp3) is 0.417. The molecule has 0 aliphatic heterocycles. The van der Waals surface area contributed by atoms with E-state index in [0.717, 1.165) is 6.42 Å². The zero-order valence-electron chi connectivity index (χ0n) is 9.84. The highest BCUT2D eigenvalue weighted by atomic mass is 19.2. The van der Waals surface area contributed by atoms with Crippen molar-refractivity contribution < 1.29 is 27.4 Å². The Balaban J connectivity index is 2.52. The minimum absolute atomic E-state index is 0.0283. The number of esters is 1. The summed E-state index contributed by atoms with van der Waals surface area (Å²) in [4.78, 5) is 11.4. The van der Waals surface area contributed by atoms with Crippen LogP contribution in [0.3, 0.4) is 0 Å². The van der Waals surface area contributed by atoms with Crippen LogP contribution in [0.25, 0.3) is 0 Å². The Hall–Kier alpha value is -1.56. The number of ether oxygens (including phenoxy) is 2. The van der Waals surface area contributed by atoms with Crippen LogP contribution in [0.4, 0.5) is 13.2 Å². The molecular weight excluding hydrogens is 249 g/mol. The van der Waals surface area contributed by atoms with Gasteiger partial charge in [0.2, 0.25) is 0 Å². The summed E-state index contributed by atoms with van der Waals surface area (Å²) in [7, 11) is 0. The monoisotopic (exact) mass is 262 g/mol. The van der Waals surface area contributed by atoms with E-state index in [-0.39, 0.29) is 18.8 Å². The fourth-order valence-electron chi connectivity index (χ4n) is 1.20. The Morgan fingerprint density at radius 2 is 1.72 bits per heavy atom. The molecule has 0 bridgehead atoms. The molecule has 0 saturated heterocycles. The number of hydrogen-bond donors (Lipinski definition) is 0. The van der Waals surface area contributed by atoms with Gasteiger partial charge in [-0.05, 0) is 18.6 Å². The van der Waals surface area contributed by atoms with Crippen molar-refractivity contribution in [3.8, 4) is 0 Å². The molecule has 1 rings (SSSR count). The Labute approximate surface area is 103 Å². The van der Waals surface area contributed by atoms with Gasteiger partial charge in [0.05, 0.1) is 12.2 Å². The average Bonchev–Trinajstić information content (AvgIpc) is 2.34. The normalized spacial score (nSPS) is 10.4. The lowest BCUT2D eigenvalue weighted by molar-refractivity contribution is 0.0317. The highest BCUT2D eigenvalue weighted by molar-refractivity contribution is 5.89. The molecule has 0 N–H and O–H groups in total. The second-order valence-electron chi connectivity index (χ2n) is 3.50. The minimum atomic E-state index is -1.61. The number of carbonyl (C=O) groups is 1. The van der Waals surface area contributed by atoms with Gasteiger partial charge < -0.3 is 9.47 Å². The first-order chi connectivity index (χ1) is 8.56. The molecule has 6 heteroatoms. The molecule has 18 heavy (non-hydrogen) atoms. The molecule has 100 valence electrons. The molecule has 0 radical (unpaired) electrons. The summed E-state index contributed by atoms with van der Waals surface area (Å²) >= 11 is 0. The first-order valence-corrected chi connectivity index (χ1v) is 5.45. The van der Waals surface area contributed by atoms with Crippen LogP contribution in [-0.2, 0) is 9.47 Å². The third-order valence-electron chi connectivity index (χ3n) is 2.03. The Bertz CT molecular complexity index is 398. The summed E-state index contributed by atoms with van der Waals surface area (Å²) in [6, 6.07) is 1.18. The topological polar surface area (TPSA) is 35.5 Å². The molecule has 0 aromatic heterocycles. The maximum atomic E-state index is 12.8.